The lowest BCUT2D eigenvalue weighted by Crippen LogP contribution is -2.30. The van der Waals surface area contributed by atoms with Crippen LogP contribution in [0.2, 0.25) is 0 Å². The molecule has 0 unspecified atom stereocenters. The van der Waals surface area contributed by atoms with Crippen molar-refractivity contribution in [2.24, 2.45) is 0 Å². The fourth-order valence-electron chi connectivity index (χ4n) is 3.21. The molecule has 0 bridgehead atoms. The van der Waals surface area contributed by atoms with Gasteiger partial charge in [0.15, 0.2) is 5.13 Å². The Hall–Kier alpha value is -3.05. The molecule has 2 aromatic carbocycles. The number of aryl methyl sites for hydroxylation is 3. The molecule has 0 atom stereocenters. The van der Waals surface area contributed by atoms with Gasteiger partial charge in [0.25, 0.3) is 5.91 Å². The second-order valence-corrected chi connectivity index (χ2v) is 7.98. The topological polar surface area (TPSA) is 46.1 Å². The first-order valence-corrected chi connectivity index (χ1v) is 9.99. The van der Waals surface area contributed by atoms with E-state index in [1.165, 1.54) is 11.1 Å². The normalized spacial score (nSPS) is 11.0. The first-order valence-electron chi connectivity index (χ1n) is 9.17. The molecule has 0 saturated heterocycles. The van der Waals surface area contributed by atoms with Gasteiger partial charge in [-0.1, -0.05) is 41.2 Å². The maximum absolute atomic E-state index is 13.4. The van der Waals surface area contributed by atoms with Gasteiger partial charge in [0, 0.05) is 11.8 Å². The van der Waals surface area contributed by atoms with Crippen molar-refractivity contribution in [3.8, 4) is 0 Å². The zero-order chi connectivity index (χ0) is 19.7. The summed E-state index contributed by atoms with van der Waals surface area (Å²) in [6.45, 7) is 6.54. The number of thiazole rings is 1. The summed E-state index contributed by atoms with van der Waals surface area (Å²) in [6.07, 6.45) is 1.75. The number of hydrogen-bond acceptors (Lipinski definition) is 4. The fourth-order valence-corrected chi connectivity index (χ4v) is 4.23. The first kappa shape index (κ1) is 18.3. The van der Waals surface area contributed by atoms with Crippen LogP contribution in [0.4, 0.5) is 5.13 Å². The number of carbonyl (C=O) groups is 1. The SMILES string of the molecule is Cc1ccc(C(=O)N(Cc2ccccn2)c2nc3cc(C)cc(C)c3s2)cc1. The Morgan fingerprint density at radius 3 is 2.50 bits per heavy atom. The maximum atomic E-state index is 13.4. The van der Waals surface area contributed by atoms with Crippen molar-refractivity contribution < 1.29 is 4.79 Å². The molecule has 4 rings (SSSR count). The van der Waals surface area contributed by atoms with Crippen LogP contribution in [0.15, 0.2) is 60.8 Å². The number of fused-ring (bicyclic) bond motifs is 1. The number of pyridine rings is 1. The average Bonchev–Trinajstić information content (AvgIpc) is 3.11. The predicted molar refractivity (Wildman–Crippen MR) is 115 cm³/mol. The molecule has 1 amide bonds. The minimum absolute atomic E-state index is 0.0703. The highest BCUT2D eigenvalue weighted by Gasteiger charge is 2.22. The molecule has 0 saturated carbocycles. The highest BCUT2D eigenvalue weighted by Crippen LogP contribution is 2.33. The van der Waals surface area contributed by atoms with Gasteiger partial charge in [-0.2, -0.15) is 0 Å². The molecule has 0 aliphatic carbocycles. The van der Waals surface area contributed by atoms with Gasteiger partial charge >= 0.3 is 0 Å². The van der Waals surface area contributed by atoms with Crippen molar-refractivity contribution >= 4 is 32.6 Å². The van der Waals surface area contributed by atoms with Crippen molar-refractivity contribution in [2.45, 2.75) is 27.3 Å². The number of rotatable bonds is 4. The molecule has 4 aromatic rings. The second kappa shape index (κ2) is 7.52. The Morgan fingerprint density at radius 2 is 1.79 bits per heavy atom. The van der Waals surface area contributed by atoms with Gasteiger partial charge in [0.2, 0.25) is 0 Å². The van der Waals surface area contributed by atoms with Gasteiger partial charge in [-0.3, -0.25) is 14.7 Å². The van der Waals surface area contributed by atoms with E-state index in [4.69, 9.17) is 4.98 Å². The molecule has 0 fully saturated rings. The number of benzene rings is 2. The standard InChI is InChI=1S/C23H21N3OS/c1-15-7-9-18(10-8-15)22(27)26(14-19-6-4-5-11-24-19)23-25-20-13-16(2)12-17(3)21(20)28-23/h4-13H,14H2,1-3H3. The molecule has 0 aliphatic rings. The monoisotopic (exact) mass is 387 g/mol. The van der Waals surface area contributed by atoms with E-state index in [-0.39, 0.29) is 5.91 Å². The van der Waals surface area contributed by atoms with E-state index >= 15 is 0 Å². The van der Waals surface area contributed by atoms with Crippen molar-refractivity contribution in [1.29, 1.82) is 0 Å². The minimum Gasteiger partial charge on any atom is -0.278 e. The van der Waals surface area contributed by atoms with Gasteiger partial charge in [-0.05, 0) is 62.2 Å². The fraction of sp³-hybridized carbons (Fsp3) is 0.174. The lowest BCUT2D eigenvalue weighted by Gasteiger charge is -2.19. The maximum Gasteiger partial charge on any atom is 0.260 e. The smallest absolute Gasteiger partial charge is 0.260 e. The van der Waals surface area contributed by atoms with Gasteiger partial charge in [0.1, 0.15) is 0 Å². The molecule has 5 heteroatoms. The molecule has 140 valence electrons. The van der Waals surface area contributed by atoms with Gasteiger partial charge in [-0.15, -0.1) is 0 Å². The summed E-state index contributed by atoms with van der Waals surface area (Å²) in [6, 6.07) is 17.6. The van der Waals surface area contributed by atoms with E-state index in [2.05, 4.69) is 31.0 Å². The molecule has 2 heterocycles. The van der Waals surface area contributed by atoms with E-state index in [9.17, 15) is 4.79 Å². The zero-order valence-corrected chi connectivity index (χ0v) is 17.0. The molecule has 2 aromatic heterocycles. The summed E-state index contributed by atoms with van der Waals surface area (Å²) >= 11 is 1.55. The average molecular weight is 388 g/mol. The van der Waals surface area contributed by atoms with Crippen LogP contribution in [0.3, 0.4) is 0 Å². The number of aromatic nitrogens is 2. The van der Waals surface area contributed by atoms with Crippen molar-refractivity contribution in [3.05, 3.63) is 88.7 Å². The molecule has 0 radical (unpaired) electrons. The summed E-state index contributed by atoms with van der Waals surface area (Å²) in [5.41, 5.74) is 5.88. The Labute approximate surface area is 168 Å². The molecule has 4 nitrogen and oxygen atoms in total. The van der Waals surface area contributed by atoms with E-state index in [1.807, 2.05) is 49.4 Å². The zero-order valence-electron chi connectivity index (χ0n) is 16.1. The van der Waals surface area contributed by atoms with Crippen LogP contribution in [0.5, 0.6) is 0 Å². The van der Waals surface area contributed by atoms with Crippen LogP contribution >= 0.6 is 11.3 Å². The van der Waals surface area contributed by atoms with Gasteiger partial charge < -0.3 is 0 Å². The first-order chi connectivity index (χ1) is 13.5. The van der Waals surface area contributed by atoms with Crippen LogP contribution in [-0.4, -0.2) is 15.9 Å². The lowest BCUT2D eigenvalue weighted by atomic mass is 10.1. The van der Waals surface area contributed by atoms with Gasteiger partial charge in [0.05, 0.1) is 22.5 Å². The third kappa shape index (κ3) is 3.66. The number of anilines is 1. The molecule has 0 aliphatic heterocycles. The predicted octanol–water partition coefficient (Wildman–Crippen LogP) is 5.46. The summed E-state index contributed by atoms with van der Waals surface area (Å²) in [5, 5.41) is 0.694. The van der Waals surface area contributed by atoms with Crippen LogP contribution in [-0.2, 0) is 6.54 Å². The highest BCUT2D eigenvalue weighted by atomic mass is 32.1. The van der Waals surface area contributed by atoms with Crippen molar-refractivity contribution in [1.82, 2.24) is 9.97 Å². The Balaban J connectivity index is 1.79. The van der Waals surface area contributed by atoms with Crippen LogP contribution in [0.25, 0.3) is 10.2 Å². The Kier molecular flexibility index (Phi) is 4.92. The van der Waals surface area contributed by atoms with Crippen molar-refractivity contribution in [3.63, 3.8) is 0 Å². The van der Waals surface area contributed by atoms with Crippen LogP contribution < -0.4 is 4.90 Å². The largest absolute Gasteiger partial charge is 0.278 e. The molecule has 0 N–H and O–H groups in total. The van der Waals surface area contributed by atoms with Crippen LogP contribution in [0, 0.1) is 20.8 Å². The van der Waals surface area contributed by atoms with Crippen LogP contribution in [0.1, 0.15) is 32.7 Å². The second-order valence-electron chi connectivity index (χ2n) is 7.00. The number of hydrogen-bond donors (Lipinski definition) is 0. The quantitative estimate of drug-likeness (QED) is 0.467. The highest BCUT2D eigenvalue weighted by molar-refractivity contribution is 7.22. The molecular weight excluding hydrogens is 366 g/mol. The van der Waals surface area contributed by atoms with E-state index < -0.39 is 0 Å². The minimum atomic E-state index is -0.0703. The van der Waals surface area contributed by atoms with Gasteiger partial charge in [-0.25, -0.2) is 4.98 Å². The van der Waals surface area contributed by atoms with E-state index in [0.29, 0.717) is 17.2 Å². The summed E-state index contributed by atoms with van der Waals surface area (Å²) in [4.78, 5) is 24.3. The molecule has 0 spiro atoms. The summed E-state index contributed by atoms with van der Waals surface area (Å²) in [5.74, 6) is -0.0703. The summed E-state index contributed by atoms with van der Waals surface area (Å²) < 4.78 is 1.11. The lowest BCUT2D eigenvalue weighted by molar-refractivity contribution is 0.0985. The number of carbonyl (C=O) groups excluding carboxylic acids is 1. The van der Waals surface area contributed by atoms with E-state index in [1.54, 1.807) is 22.4 Å². The third-order valence-electron chi connectivity index (χ3n) is 4.63. The summed E-state index contributed by atoms with van der Waals surface area (Å²) in [7, 11) is 0. The molecular formula is C23H21N3OS. The van der Waals surface area contributed by atoms with E-state index in [0.717, 1.165) is 21.5 Å². The van der Waals surface area contributed by atoms with Crippen molar-refractivity contribution in [2.75, 3.05) is 4.90 Å². The Morgan fingerprint density at radius 1 is 1.00 bits per heavy atom. The Bertz CT molecular complexity index is 1130. The molecule has 28 heavy (non-hydrogen) atoms. The number of nitrogens with zero attached hydrogens (tertiary/aromatic N) is 3. The third-order valence-corrected chi connectivity index (χ3v) is 5.86. The number of amides is 1.